The van der Waals surface area contributed by atoms with Crippen LogP contribution in [0, 0.1) is 0 Å². The molecule has 15 heavy (non-hydrogen) atoms. The van der Waals surface area contributed by atoms with E-state index in [0.717, 1.165) is 6.42 Å². The molecule has 1 unspecified atom stereocenters. The van der Waals surface area contributed by atoms with E-state index in [-0.39, 0.29) is 0 Å². The smallest absolute Gasteiger partial charge is 0.413 e. The zero-order chi connectivity index (χ0) is 11.5. The second kappa shape index (κ2) is 4.51. The molecule has 1 saturated heterocycles. The number of nitrogens with zero attached hydrogens (tertiary/aromatic N) is 1. The molecule has 0 radical (unpaired) electrons. The zero-order valence-electron chi connectivity index (χ0n) is 9.36. The summed E-state index contributed by atoms with van der Waals surface area (Å²) in [6, 6.07) is 0. The van der Waals surface area contributed by atoms with Gasteiger partial charge in [-0.2, -0.15) is 0 Å². The summed E-state index contributed by atoms with van der Waals surface area (Å²) >= 11 is 0. The van der Waals surface area contributed by atoms with Gasteiger partial charge in [-0.3, -0.25) is 9.69 Å². The third kappa shape index (κ3) is 3.42. The second-order valence-electron chi connectivity index (χ2n) is 4.50. The molecule has 1 aliphatic rings. The molecule has 0 N–H and O–H groups in total. The van der Waals surface area contributed by atoms with Crippen LogP contribution in [-0.2, 0) is 14.3 Å². The molecule has 0 saturated carbocycles. The first-order chi connectivity index (χ1) is 6.94. The molecule has 5 heteroatoms. The summed E-state index contributed by atoms with van der Waals surface area (Å²) < 4.78 is 9.98. The molecule has 0 spiro atoms. The summed E-state index contributed by atoms with van der Waals surface area (Å²) in [5.74, 6) is 0. The average molecular weight is 215 g/mol. The van der Waals surface area contributed by atoms with Crippen LogP contribution in [0.2, 0.25) is 0 Å². The van der Waals surface area contributed by atoms with E-state index in [1.54, 1.807) is 20.8 Å². The largest absolute Gasteiger partial charge is 0.444 e. The van der Waals surface area contributed by atoms with Gasteiger partial charge in [-0.25, -0.2) is 4.79 Å². The Labute approximate surface area is 89.3 Å². The number of amides is 1. The number of likely N-dealkylation sites (tertiary alicyclic amines) is 1. The van der Waals surface area contributed by atoms with Crippen LogP contribution in [0.3, 0.4) is 0 Å². The van der Waals surface area contributed by atoms with Crippen LogP contribution >= 0.6 is 0 Å². The summed E-state index contributed by atoms with van der Waals surface area (Å²) in [4.78, 5) is 23.3. The highest BCUT2D eigenvalue weighted by Gasteiger charge is 2.33. The highest BCUT2D eigenvalue weighted by atomic mass is 16.6. The van der Waals surface area contributed by atoms with Crippen LogP contribution in [0.1, 0.15) is 33.6 Å². The third-order valence-corrected chi connectivity index (χ3v) is 2.04. The lowest BCUT2D eigenvalue weighted by Gasteiger charge is -2.27. The zero-order valence-corrected chi connectivity index (χ0v) is 9.36. The van der Waals surface area contributed by atoms with Crippen molar-refractivity contribution in [1.82, 2.24) is 4.90 Å². The van der Waals surface area contributed by atoms with Crippen LogP contribution in [0.15, 0.2) is 0 Å². The maximum atomic E-state index is 11.7. The lowest BCUT2D eigenvalue weighted by molar-refractivity contribution is -0.139. The van der Waals surface area contributed by atoms with Crippen molar-refractivity contribution >= 4 is 12.6 Å². The summed E-state index contributed by atoms with van der Waals surface area (Å²) in [6.07, 6.45) is 0.625. The molecule has 0 aromatic rings. The van der Waals surface area contributed by atoms with Gasteiger partial charge in [0.2, 0.25) is 0 Å². The van der Waals surface area contributed by atoms with E-state index in [4.69, 9.17) is 9.47 Å². The van der Waals surface area contributed by atoms with Gasteiger partial charge in [0.15, 0.2) is 6.23 Å². The van der Waals surface area contributed by atoms with Gasteiger partial charge in [0.25, 0.3) is 6.47 Å². The molecular weight excluding hydrogens is 198 g/mol. The standard InChI is InChI=1S/C10H17NO4/c1-10(2,3)15-9(13)11-6-4-5-8(11)14-7-12/h7-8H,4-6H2,1-3H3. The minimum Gasteiger partial charge on any atom is -0.444 e. The lowest BCUT2D eigenvalue weighted by Crippen LogP contribution is -2.40. The molecule has 5 nitrogen and oxygen atoms in total. The Morgan fingerprint density at radius 3 is 2.67 bits per heavy atom. The van der Waals surface area contributed by atoms with E-state index >= 15 is 0 Å². The number of ether oxygens (including phenoxy) is 2. The molecular formula is C10H17NO4. The summed E-state index contributed by atoms with van der Waals surface area (Å²) in [6.45, 7) is 6.35. The Balaban J connectivity index is 2.54. The predicted molar refractivity (Wildman–Crippen MR) is 53.1 cm³/mol. The monoisotopic (exact) mass is 215 g/mol. The van der Waals surface area contributed by atoms with Gasteiger partial charge in [-0.15, -0.1) is 0 Å². The van der Waals surface area contributed by atoms with Crippen molar-refractivity contribution in [3.8, 4) is 0 Å². The third-order valence-electron chi connectivity index (χ3n) is 2.04. The van der Waals surface area contributed by atoms with Crippen LogP contribution in [0.5, 0.6) is 0 Å². The molecule has 0 bridgehead atoms. The number of hydrogen-bond acceptors (Lipinski definition) is 4. The van der Waals surface area contributed by atoms with Crippen molar-refractivity contribution in [3.63, 3.8) is 0 Å². The summed E-state index contributed by atoms with van der Waals surface area (Å²) in [5, 5.41) is 0. The summed E-state index contributed by atoms with van der Waals surface area (Å²) in [5.41, 5.74) is -0.522. The normalized spacial score (nSPS) is 21.3. The van der Waals surface area contributed by atoms with Crippen molar-refractivity contribution in [1.29, 1.82) is 0 Å². The number of carbonyl (C=O) groups excluding carboxylic acids is 2. The quantitative estimate of drug-likeness (QED) is 0.655. The molecule has 86 valence electrons. The maximum absolute atomic E-state index is 11.7. The second-order valence-corrected chi connectivity index (χ2v) is 4.50. The molecule has 1 rings (SSSR count). The van der Waals surface area contributed by atoms with Crippen molar-refractivity contribution in [2.75, 3.05) is 6.54 Å². The van der Waals surface area contributed by atoms with Crippen molar-refractivity contribution in [3.05, 3.63) is 0 Å². The molecule has 0 aliphatic carbocycles. The Hall–Kier alpha value is -1.26. The van der Waals surface area contributed by atoms with E-state index in [1.165, 1.54) is 4.90 Å². The Morgan fingerprint density at radius 2 is 2.13 bits per heavy atom. The fraction of sp³-hybridized carbons (Fsp3) is 0.800. The lowest BCUT2D eigenvalue weighted by atomic mass is 10.2. The van der Waals surface area contributed by atoms with Crippen molar-refractivity contribution < 1.29 is 19.1 Å². The van der Waals surface area contributed by atoms with E-state index in [1.807, 2.05) is 0 Å². The number of carbonyl (C=O) groups is 2. The fourth-order valence-electron chi connectivity index (χ4n) is 1.47. The van der Waals surface area contributed by atoms with E-state index < -0.39 is 17.9 Å². The fourth-order valence-corrected chi connectivity index (χ4v) is 1.47. The molecule has 1 aliphatic heterocycles. The van der Waals surface area contributed by atoms with Gasteiger partial charge in [0.1, 0.15) is 5.60 Å². The first kappa shape index (κ1) is 11.8. The van der Waals surface area contributed by atoms with Gasteiger partial charge in [0.05, 0.1) is 0 Å². The molecule has 0 aromatic heterocycles. The van der Waals surface area contributed by atoms with Gasteiger partial charge in [-0.05, 0) is 27.2 Å². The number of hydrogen-bond donors (Lipinski definition) is 0. The van der Waals surface area contributed by atoms with Gasteiger partial charge < -0.3 is 9.47 Å². The minimum atomic E-state index is -0.522. The molecule has 1 atom stereocenters. The Morgan fingerprint density at radius 1 is 1.47 bits per heavy atom. The first-order valence-corrected chi connectivity index (χ1v) is 5.03. The van der Waals surface area contributed by atoms with Gasteiger partial charge in [0, 0.05) is 13.0 Å². The van der Waals surface area contributed by atoms with Crippen LogP contribution in [-0.4, -0.2) is 35.8 Å². The predicted octanol–water partition coefficient (Wildman–Crippen LogP) is 1.52. The van der Waals surface area contributed by atoms with E-state index in [9.17, 15) is 9.59 Å². The summed E-state index contributed by atoms with van der Waals surface area (Å²) in [7, 11) is 0. The Bertz CT molecular complexity index is 246. The van der Waals surface area contributed by atoms with Crippen LogP contribution < -0.4 is 0 Å². The van der Waals surface area contributed by atoms with Gasteiger partial charge in [-0.1, -0.05) is 0 Å². The SMILES string of the molecule is CC(C)(C)OC(=O)N1CCCC1OC=O. The van der Waals surface area contributed by atoms with Crippen LogP contribution in [0.25, 0.3) is 0 Å². The van der Waals surface area contributed by atoms with E-state index in [0.29, 0.717) is 19.4 Å². The minimum absolute atomic E-state index is 0.368. The molecule has 1 heterocycles. The Kier molecular flexibility index (Phi) is 3.55. The van der Waals surface area contributed by atoms with Crippen molar-refractivity contribution in [2.24, 2.45) is 0 Å². The molecule has 1 amide bonds. The highest BCUT2D eigenvalue weighted by molar-refractivity contribution is 5.68. The van der Waals surface area contributed by atoms with Crippen LogP contribution in [0.4, 0.5) is 4.79 Å². The molecule has 0 aromatic carbocycles. The molecule has 1 fully saturated rings. The topological polar surface area (TPSA) is 55.8 Å². The highest BCUT2D eigenvalue weighted by Crippen LogP contribution is 2.20. The van der Waals surface area contributed by atoms with Crippen molar-refractivity contribution in [2.45, 2.75) is 45.4 Å². The number of rotatable bonds is 2. The van der Waals surface area contributed by atoms with E-state index in [2.05, 4.69) is 0 Å². The maximum Gasteiger partial charge on any atom is 0.413 e. The van der Waals surface area contributed by atoms with Gasteiger partial charge >= 0.3 is 6.09 Å². The first-order valence-electron chi connectivity index (χ1n) is 5.03. The average Bonchev–Trinajstić information content (AvgIpc) is 2.49.